The molecule has 7 aromatic carbocycles. The second-order valence-electron chi connectivity index (χ2n) is 12.8. The molecule has 2 aromatic heterocycles. The quantitative estimate of drug-likeness (QED) is 0.176. The van der Waals surface area contributed by atoms with Crippen molar-refractivity contribution < 1.29 is 8.78 Å². The van der Waals surface area contributed by atoms with Crippen molar-refractivity contribution in [1.29, 1.82) is 0 Å². The molecule has 6 heteroatoms. The third kappa shape index (κ3) is 5.60. The van der Waals surface area contributed by atoms with E-state index in [9.17, 15) is 4.39 Å². The summed E-state index contributed by atoms with van der Waals surface area (Å²) in [5.41, 5.74) is 9.48. The van der Waals surface area contributed by atoms with Gasteiger partial charge in [-0.25, -0.2) is 23.7 Å². The summed E-state index contributed by atoms with van der Waals surface area (Å²) >= 11 is 0. The lowest BCUT2D eigenvalue weighted by atomic mass is 10.00. The number of nitrogens with zero attached hydrogens (tertiary/aromatic N) is 4. The van der Waals surface area contributed by atoms with Crippen molar-refractivity contribution in [2.24, 2.45) is 0 Å². The van der Waals surface area contributed by atoms with Crippen molar-refractivity contribution in [3.05, 3.63) is 181 Å². The lowest BCUT2D eigenvalue weighted by molar-refractivity contribution is 0.585. The molecule has 9 rings (SSSR count). The van der Waals surface area contributed by atoms with Gasteiger partial charge < -0.3 is 4.57 Å². The van der Waals surface area contributed by atoms with Gasteiger partial charge in [-0.1, -0.05) is 121 Å². The van der Waals surface area contributed by atoms with Crippen LogP contribution in [0.4, 0.5) is 8.78 Å². The summed E-state index contributed by atoms with van der Waals surface area (Å²) in [6.45, 7) is 2.09. The minimum absolute atomic E-state index is 0.278. The molecule has 0 bridgehead atoms. The molecular weight excluding hydrogens is 647 g/mol. The molecule has 0 amide bonds. The van der Waals surface area contributed by atoms with Crippen molar-refractivity contribution in [2.75, 3.05) is 0 Å². The molecule has 9 aromatic rings. The van der Waals surface area contributed by atoms with Gasteiger partial charge in [0.2, 0.25) is 0 Å². The van der Waals surface area contributed by atoms with Crippen molar-refractivity contribution in [1.82, 2.24) is 19.5 Å². The van der Waals surface area contributed by atoms with E-state index in [2.05, 4.69) is 72.2 Å². The molecule has 0 aliphatic rings. The number of para-hydroxylation sites is 1. The van der Waals surface area contributed by atoms with Gasteiger partial charge in [0.25, 0.3) is 0 Å². The van der Waals surface area contributed by atoms with Crippen LogP contribution >= 0.6 is 0 Å². The Labute approximate surface area is 299 Å². The van der Waals surface area contributed by atoms with E-state index < -0.39 is 11.6 Å². The Kier molecular flexibility index (Phi) is 7.70. The number of fused-ring (bicyclic) bond motifs is 3. The van der Waals surface area contributed by atoms with Gasteiger partial charge in [-0.3, -0.25) is 0 Å². The third-order valence-corrected chi connectivity index (χ3v) is 9.48. The summed E-state index contributed by atoms with van der Waals surface area (Å²) in [4.78, 5) is 15.1. The molecule has 0 N–H and O–H groups in total. The van der Waals surface area contributed by atoms with Crippen LogP contribution in [0, 0.1) is 18.6 Å². The number of aromatic nitrogens is 4. The van der Waals surface area contributed by atoms with Crippen LogP contribution in [-0.4, -0.2) is 19.5 Å². The zero-order valence-corrected chi connectivity index (χ0v) is 28.1. The highest BCUT2D eigenvalue weighted by Crippen LogP contribution is 2.40. The molecule has 0 fully saturated rings. The Morgan fingerprint density at radius 1 is 0.423 bits per heavy atom. The van der Waals surface area contributed by atoms with Gasteiger partial charge in [0.15, 0.2) is 17.5 Å². The Hall–Kier alpha value is -6.79. The Morgan fingerprint density at radius 3 is 1.71 bits per heavy atom. The molecule has 52 heavy (non-hydrogen) atoms. The van der Waals surface area contributed by atoms with Crippen molar-refractivity contribution >= 4 is 21.8 Å². The van der Waals surface area contributed by atoms with E-state index in [1.807, 2.05) is 84.9 Å². The fourth-order valence-corrected chi connectivity index (χ4v) is 6.89. The minimum atomic E-state index is -0.648. The molecular formula is C46H30F2N4. The van der Waals surface area contributed by atoms with Gasteiger partial charge in [-0.05, 0) is 66.1 Å². The monoisotopic (exact) mass is 676 g/mol. The SMILES string of the molecule is Cc1ccc(-c2ccc3c(c2)c2ccccc2n3-c2ccc(-c3ccc(F)cc3F)cc2-c2nc(-c3ccccc3)nc(-c3ccccc3)n2)cc1. The van der Waals surface area contributed by atoms with E-state index in [-0.39, 0.29) is 5.56 Å². The van der Waals surface area contributed by atoms with Crippen molar-refractivity contribution in [2.45, 2.75) is 6.92 Å². The zero-order valence-electron chi connectivity index (χ0n) is 28.1. The van der Waals surface area contributed by atoms with Crippen LogP contribution in [0.1, 0.15) is 5.56 Å². The van der Waals surface area contributed by atoms with Crippen LogP contribution in [0.15, 0.2) is 164 Å². The molecule has 2 heterocycles. The fraction of sp³-hybridized carbons (Fsp3) is 0.0217. The molecule has 4 nitrogen and oxygen atoms in total. The van der Waals surface area contributed by atoms with Crippen LogP contribution in [0.5, 0.6) is 0 Å². The average Bonchev–Trinajstić information content (AvgIpc) is 3.52. The van der Waals surface area contributed by atoms with Gasteiger partial charge in [-0.15, -0.1) is 0 Å². The van der Waals surface area contributed by atoms with Crippen LogP contribution in [0.25, 0.3) is 83.9 Å². The highest BCUT2D eigenvalue weighted by molar-refractivity contribution is 6.11. The molecule has 0 unspecified atom stereocenters. The molecule has 0 spiro atoms. The number of benzene rings is 7. The van der Waals surface area contributed by atoms with Crippen LogP contribution < -0.4 is 0 Å². The lowest BCUT2D eigenvalue weighted by Gasteiger charge is -2.16. The normalized spacial score (nSPS) is 11.4. The smallest absolute Gasteiger partial charge is 0.166 e. The lowest BCUT2D eigenvalue weighted by Crippen LogP contribution is -2.04. The molecule has 0 aliphatic carbocycles. The van der Waals surface area contributed by atoms with E-state index in [4.69, 9.17) is 15.0 Å². The number of hydrogen-bond donors (Lipinski definition) is 0. The van der Waals surface area contributed by atoms with E-state index in [0.717, 1.165) is 55.8 Å². The molecule has 0 aliphatic heterocycles. The Bertz CT molecular complexity index is 2700. The summed E-state index contributed by atoms with van der Waals surface area (Å²) in [6, 6.07) is 52.4. The Morgan fingerprint density at radius 2 is 1.02 bits per heavy atom. The Balaban J connectivity index is 1.34. The first-order valence-electron chi connectivity index (χ1n) is 17.1. The predicted octanol–water partition coefficient (Wildman–Crippen LogP) is 11.9. The highest BCUT2D eigenvalue weighted by atomic mass is 19.1. The average molecular weight is 677 g/mol. The van der Waals surface area contributed by atoms with Gasteiger partial charge in [0.1, 0.15) is 11.6 Å². The summed E-state index contributed by atoms with van der Waals surface area (Å²) in [5.74, 6) is 0.169. The largest absolute Gasteiger partial charge is 0.309 e. The fourth-order valence-electron chi connectivity index (χ4n) is 6.89. The number of hydrogen-bond acceptors (Lipinski definition) is 3. The maximum absolute atomic E-state index is 15.3. The topological polar surface area (TPSA) is 43.6 Å². The highest BCUT2D eigenvalue weighted by Gasteiger charge is 2.21. The third-order valence-electron chi connectivity index (χ3n) is 9.48. The van der Waals surface area contributed by atoms with Crippen LogP contribution in [0.2, 0.25) is 0 Å². The summed E-state index contributed by atoms with van der Waals surface area (Å²) in [6.07, 6.45) is 0. The standard InChI is InChI=1S/C46H30F2N4/c1-29-16-18-30(19-17-29)33-20-24-42-38(26-33)37-14-8-9-15-41(37)52(42)43-25-21-34(36-23-22-35(47)28-40(36)48)27-39(43)46-50-44(31-10-4-2-5-11-31)49-45(51-46)32-12-6-3-7-13-32/h2-28H,1H3. The predicted molar refractivity (Wildman–Crippen MR) is 206 cm³/mol. The summed E-state index contributed by atoms with van der Waals surface area (Å²) in [7, 11) is 0. The molecule has 0 radical (unpaired) electrons. The van der Waals surface area contributed by atoms with Crippen LogP contribution in [-0.2, 0) is 0 Å². The number of halogens is 2. The van der Waals surface area contributed by atoms with E-state index in [1.165, 1.54) is 17.7 Å². The first kappa shape index (κ1) is 31.2. The molecule has 0 saturated carbocycles. The first-order valence-corrected chi connectivity index (χ1v) is 17.1. The van der Waals surface area contributed by atoms with Gasteiger partial charge in [0, 0.05) is 39.1 Å². The van der Waals surface area contributed by atoms with E-state index in [0.29, 0.717) is 28.6 Å². The van der Waals surface area contributed by atoms with Crippen LogP contribution in [0.3, 0.4) is 0 Å². The molecule has 248 valence electrons. The van der Waals surface area contributed by atoms with E-state index in [1.54, 1.807) is 0 Å². The molecule has 0 atom stereocenters. The van der Waals surface area contributed by atoms with Crippen molar-refractivity contribution in [3.63, 3.8) is 0 Å². The van der Waals surface area contributed by atoms with Gasteiger partial charge >= 0.3 is 0 Å². The minimum Gasteiger partial charge on any atom is -0.309 e. The maximum Gasteiger partial charge on any atom is 0.166 e. The zero-order chi connectivity index (χ0) is 35.2. The maximum atomic E-state index is 15.3. The second-order valence-corrected chi connectivity index (χ2v) is 12.8. The number of rotatable bonds is 6. The first-order chi connectivity index (χ1) is 25.5. The van der Waals surface area contributed by atoms with E-state index >= 15 is 4.39 Å². The second kappa shape index (κ2) is 12.8. The summed E-state index contributed by atoms with van der Waals surface area (Å²) < 4.78 is 31.6. The number of aryl methyl sites for hydroxylation is 1. The molecule has 0 saturated heterocycles. The van der Waals surface area contributed by atoms with Gasteiger partial charge in [0.05, 0.1) is 16.7 Å². The summed E-state index contributed by atoms with van der Waals surface area (Å²) in [5, 5.41) is 2.19. The van der Waals surface area contributed by atoms with Gasteiger partial charge in [-0.2, -0.15) is 0 Å². The van der Waals surface area contributed by atoms with Crippen molar-refractivity contribution in [3.8, 4) is 62.1 Å².